The molecule has 1 unspecified atom stereocenters. The number of dihydropyridines is 1. The fourth-order valence-electron chi connectivity index (χ4n) is 3.78. The topological polar surface area (TPSA) is 104 Å². The first-order valence-electron chi connectivity index (χ1n) is 10.9. The molecule has 1 aromatic carbocycles. The summed E-state index contributed by atoms with van der Waals surface area (Å²) in [7, 11) is 1.53. The number of aromatic nitrogens is 2. The maximum absolute atomic E-state index is 13.2. The molecule has 34 heavy (non-hydrogen) atoms. The van der Waals surface area contributed by atoms with Gasteiger partial charge in [0.25, 0.3) is 0 Å². The van der Waals surface area contributed by atoms with Crippen molar-refractivity contribution in [1.82, 2.24) is 15.0 Å². The minimum absolute atomic E-state index is 0.0911. The van der Waals surface area contributed by atoms with Crippen LogP contribution in [-0.4, -0.2) is 54.8 Å². The second-order valence-electron chi connectivity index (χ2n) is 7.47. The lowest BCUT2D eigenvalue weighted by Gasteiger charge is -2.30. The van der Waals surface area contributed by atoms with Gasteiger partial charge in [0.2, 0.25) is 0 Å². The summed E-state index contributed by atoms with van der Waals surface area (Å²) in [4.78, 5) is 30.9. The van der Waals surface area contributed by atoms with E-state index in [0.29, 0.717) is 33.4 Å². The van der Waals surface area contributed by atoms with Crippen molar-refractivity contribution in [2.45, 2.75) is 31.8 Å². The number of thioether (sulfide) groups is 1. The van der Waals surface area contributed by atoms with Crippen molar-refractivity contribution in [2.75, 3.05) is 38.6 Å². The van der Waals surface area contributed by atoms with Gasteiger partial charge in [0.15, 0.2) is 5.16 Å². The molecule has 1 aromatic heterocycles. The van der Waals surface area contributed by atoms with Gasteiger partial charge >= 0.3 is 11.9 Å². The Kier molecular flexibility index (Phi) is 8.78. The van der Waals surface area contributed by atoms with E-state index in [1.54, 1.807) is 31.6 Å². The van der Waals surface area contributed by atoms with Crippen LogP contribution in [-0.2, 0) is 23.8 Å². The quantitative estimate of drug-likeness (QED) is 0.297. The van der Waals surface area contributed by atoms with Gasteiger partial charge < -0.3 is 19.5 Å². The zero-order valence-electron chi connectivity index (χ0n) is 20.0. The van der Waals surface area contributed by atoms with Crippen LogP contribution in [0.15, 0.2) is 64.2 Å². The molecule has 3 rings (SSSR count). The highest BCUT2D eigenvalue weighted by molar-refractivity contribution is 7.98. The first-order valence-corrected chi connectivity index (χ1v) is 12.1. The number of allylic oxidation sites excluding steroid dienone is 2. The molecule has 9 nitrogen and oxygen atoms in total. The molecule has 2 heterocycles. The highest BCUT2D eigenvalue weighted by atomic mass is 32.2. The summed E-state index contributed by atoms with van der Waals surface area (Å²) in [6.07, 6.45) is 3.58. The smallest absolute Gasteiger partial charge is 0.336 e. The number of hydrogen-bond donors (Lipinski definition) is 2. The van der Waals surface area contributed by atoms with E-state index in [0.717, 1.165) is 5.69 Å². The number of carbonyl (C=O) groups excluding carboxylic acids is 2. The third-order valence-electron chi connectivity index (χ3n) is 5.25. The Morgan fingerprint density at radius 2 is 1.74 bits per heavy atom. The van der Waals surface area contributed by atoms with Crippen LogP contribution in [0.2, 0.25) is 0 Å². The molecule has 0 saturated carbocycles. The van der Waals surface area contributed by atoms with Crippen molar-refractivity contribution >= 4 is 29.4 Å². The predicted octanol–water partition coefficient (Wildman–Crippen LogP) is 3.47. The molecule has 0 fully saturated rings. The highest BCUT2D eigenvalue weighted by Crippen LogP contribution is 2.40. The van der Waals surface area contributed by atoms with Gasteiger partial charge in [-0.3, -0.25) is 5.43 Å². The van der Waals surface area contributed by atoms with Crippen molar-refractivity contribution in [3.63, 3.8) is 0 Å². The molecule has 182 valence electrons. The van der Waals surface area contributed by atoms with E-state index in [1.165, 1.54) is 18.9 Å². The standard InChI is InChI=1S/C24H30N4O5S/c1-6-32-22(29)19-15(2)26-16(3)20(23(30)33-13-12-31-4)21(19)18-14-25-24(34-5)28(18)27-17-10-8-7-9-11-17/h7-11,14,21,26-27H,6,12-13H2,1-5H3. The van der Waals surface area contributed by atoms with Gasteiger partial charge in [0, 0.05) is 18.5 Å². The predicted molar refractivity (Wildman–Crippen MR) is 130 cm³/mol. The molecule has 0 spiro atoms. The van der Waals surface area contributed by atoms with Crippen LogP contribution in [0.1, 0.15) is 32.4 Å². The number of nitrogens with zero attached hydrogens (tertiary/aromatic N) is 2. The van der Waals surface area contributed by atoms with Crippen molar-refractivity contribution in [3.05, 3.63) is 64.8 Å². The van der Waals surface area contributed by atoms with Gasteiger partial charge in [-0.25, -0.2) is 19.2 Å². The Morgan fingerprint density at radius 3 is 2.32 bits per heavy atom. The lowest BCUT2D eigenvalue weighted by Crippen LogP contribution is -2.34. The number of para-hydroxylation sites is 1. The van der Waals surface area contributed by atoms with Crippen LogP contribution in [0.3, 0.4) is 0 Å². The second kappa shape index (κ2) is 11.8. The number of methoxy groups -OCH3 is 1. The Morgan fingerprint density at radius 1 is 1.09 bits per heavy atom. The maximum Gasteiger partial charge on any atom is 0.336 e. The maximum atomic E-state index is 13.2. The van der Waals surface area contributed by atoms with Gasteiger partial charge in [0.05, 0.1) is 47.9 Å². The SMILES string of the molecule is CCOC(=O)C1=C(C)NC(C)=C(C(=O)OCCOC)C1c1cnc(SC)n1Nc1ccccc1. The summed E-state index contributed by atoms with van der Waals surface area (Å²) in [6, 6.07) is 9.60. The molecule has 10 heteroatoms. The fraction of sp³-hybridized carbons (Fsp3) is 0.375. The molecule has 0 amide bonds. The summed E-state index contributed by atoms with van der Waals surface area (Å²) in [5.41, 5.74) is 6.62. The van der Waals surface area contributed by atoms with Gasteiger partial charge in [-0.2, -0.15) is 0 Å². The van der Waals surface area contributed by atoms with Crippen molar-refractivity contribution in [1.29, 1.82) is 0 Å². The Labute approximate surface area is 203 Å². The third kappa shape index (κ3) is 5.45. The minimum Gasteiger partial charge on any atom is -0.463 e. The van der Waals surface area contributed by atoms with E-state index in [-0.39, 0.29) is 19.8 Å². The van der Waals surface area contributed by atoms with Gasteiger partial charge in [-0.05, 0) is 39.2 Å². The molecule has 1 aliphatic heterocycles. The summed E-state index contributed by atoms with van der Waals surface area (Å²) in [6.45, 7) is 5.87. The van der Waals surface area contributed by atoms with Crippen LogP contribution in [0.25, 0.3) is 0 Å². The summed E-state index contributed by atoms with van der Waals surface area (Å²) >= 11 is 1.44. The summed E-state index contributed by atoms with van der Waals surface area (Å²) in [5.74, 6) is -1.81. The van der Waals surface area contributed by atoms with Gasteiger partial charge in [-0.1, -0.05) is 30.0 Å². The molecule has 2 N–H and O–H groups in total. The molecule has 1 atom stereocenters. The van der Waals surface area contributed by atoms with E-state index in [4.69, 9.17) is 14.2 Å². The van der Waals surface area contributed by atoms with Crippen LogP contribution in [0.4, 0.5) is 5.69 Å². The molecule has 0 bridgehead atoms. The van der Waals surface area contributed by atoms with Gasteiger partial charge in [0.1, 0.15) is 6.61 Å². The van der Waals surface area contributed by atoms with Crippen molar-refractivity contribution in [3.8, 4) is 0 Å². The molecule has 1 aliphatic rings. The molecule has 0 radical (unpaired) electrons. The summed E-state index contributed by atoms with van der Waals surface area (Å²) < 4.78 is 17.6. The number of imidazole rings is 1. The van der Waals surface area contributed by atoms with Crippen LogP contribution in [0, 0.1) is 0 Å². The second-order valence-corrected chi connectivity index (χ2v) is 8.24. The number of esters is 2. The first kappa shape index (κ1) is 25.4. The van der Waals surface area contributed by atoms with Crippen molar-refractivity contribution < 1.29 is 23.8 Å². The number of benzene rings is 1. The molecular weight excluding hydrogens is 456 g/mol. The third-order valence-corrected chi connectivity index (χ3v) is 5.90. The Hall–Kier alpha value is -3.24. The number of hydrogen-bond acceptors (Lipinski definition) is 9. The normalized spacial score (nSPS) is 15.7. The fourth-order valence-corrected chi connectivity index (χ4v) is 4.28. The number of anilines is 1. The van der Waals surface area contributed by atoms with Crippen LogP contribution >= 0.6 is 11.8 Å². The number of nitrogens with one attached hydrogen (secondary N) is 2. The molecule has 2 aromatic rings. The number of rotatable bonds is 10. The Bertz CT molecular complexity index is 1090. The lowest BCUT2D eigenvalue weighted by atomic mass is 9.83. The van der Waals surface area contributed by atoms with E-state index in [9.17, 15) is 9.59 Å². The average Bonchev–Trinajstić information content (AvgIpc) is 3.21. The van der Waals surface area contributed by atoms with E-state index < -0.39 is 17.9 Å². The average molecular weight is 487 g/mol. The van der Waals surface area contributed by atoms with E-state index in [1.807, 2.05) is 36.6 Å². The summed E-state index contributed by atoms with van der Waals surface area (Å²) in [5, 5.41) is 3.82. The zero-order chi connectivity index (χ0) is 24.7. The highest BCUT2D eigenvalue weighted by Gasteiger charge is 2.40. The van der Waals surface area contributed by atoms with Crippen molar-refractivity contribution in [2.24, 2.45) is 0 Å². The number of carbonyl (C=O) groups is 2. The van der Waals surface area contributed by atoms with E-state index >= 15 is 0 Å². The minimum atomic E-state index is -0.764. The first-order chi connectivity index (χ1) is 16.4. The molecule has 0 saturated heterocycles. The van der Waals surface area contributed by atoms with Gasteiger partial charge in [-0.15, -0.1) is 0 Å². The van der Waals surface area contributed by atoms with E-state index in [2.05, 4.69) is 15.7 Å². The largest absolute Gasteiger partial charge is 0.463 e. The monoisotopic (exact) mass is 486 g/mol. The lowest BCUT2D eigenvalue weighted by molar-refractivity contribution is -0.140. The van der Waals surface area contributed by atoms with Crippen LogP contribution in [0.5, 0.6) is 0 Å². The molecule has 0 aliphatic carbocycles. The zero-order valence-corrected chi connectivity index (χ0v) is 20.8. The Balaban J connectivity index is 2.15. The molecular formula is C24H30N4O5S. The number of ether oxygens (including phenoxy) is 3. The van der Waals surface area contributed by atoms with Crippen LogP contribution < -0.4 is 10.7 Å².